The Morgan fingerprint density at radius 2 is 2.23 bits per heavy atom. The molecule has 0 radical (unpaired) electrons. The van der Waals surface area contributed by atoms with E-state index in [-0.39, 0.29) is 5.56 Å². The molecule has 116 valence electrons. The van der Waals surface area contributed by atoms with Gasteiger partial charge in [0.2, 0.25) is 0 Å². The van der Waals surface area contributed by atoms with Gasteiger partial charge in [0, 0.05) is 38.0 Å². The van der Waals surface area contributed by atoms with E-state index in [1.807, 2.05) is 18.2 Å². The lowest BCUT2D eigenvalue weighted by molar-refractivity contribution is 0.161. The normalized spacial score (nSPS) is 21.8. The van der Waals surface area contributed by atoms with E-state index in [0.717, 1.165) is 44.1 Å². The van der Waals surface area contributed by atoms with Gasteiger partial charge >= 0.3 is 0 Å². The van der Waals surface area contributed by atoms with Crippen LogP contribution in [0.3, 0.4) is 0 Å². The highest BCUT2D eigenvalue weighted by Crippen LogP contribution is 2.30. The Kier molecular flexibility index (Phi) is 3.68. The van der Waals surface area contributed by atoms with Crippen molar-refractivity contribution in [1.82, 2.24) is 14.3 Å². The van der Waals surface area contributed by atoms with Crippen LogP contribution in [0.25, 0.3) is 5.65 Å². The van der Waals surface area contributed by atoms with Crippen LogP contribution >= 0.6 is 0 Å². The van der Waals surface area contributed by atoms with Gasteiger partial charge in [-0.25, -0.2) is 4.98 Å². The monoisotopic (exact) mass is 299 g/mol. The first-order valence-electron chi connectivity index (χ1n) is 8.09. The predicted molar refractivity (Wildman–Crippen MR) is 83.8 cm³/mol. The van der Waals surface area contributed by atoms with E-state index in [0.29, 0.717) is 12.0 Å². The van der Waals surface area contributed by atoms with E-state index in [1.165, 1.54) is 12.8 Å². The number of hydrogen-bond donors (Lipinski definition) is 0. The van der Waals surface area contributed by atoms with Gasteiger partial charge in [-0.05, 0) is 37.3 Å². The maximum Gasteiger partial charge on any atom is 0.258 e. The molecule has 2 fully saturated rings. The number of rotatable bonds is 5. The van der Waals surface area contributed by atoms with Crippen LogP contribution in [0, 0.1) is 5.92 Å². The van der Waals surface area contributed by atoms with Crippen molar-refractivity contribution in [3.8, 4) is 0 Å². The Hall–Kier alpha value is -1.72. The van der Waals surface area contributed by atoms with Gasteiger partial charge < -0.3 is 4.74 Å². The Morgan fingerprint density at radius 3 is 3.00 bits per heavy atom. The highest BCUT2D eigenvalue weighted by molar-refractivity contribution is 5.38. The zero-order valence-electron chi connectivity index (χ0n) is 12.6. The zero-order valence-corrected chi connectivity index (χ0v) is 12.6. The molecule has 1 aliphatic heterocycles. The van der Waals surface area contributed by atoms with E-state index < -0.39 is 0 Å². The minimum atomic E-state index is 0.000506. The molecule has 2 aromatic heterocycles. The maximum absolute atomic E-state index is 12.2. The Labute approximate surface area is 129 Å². The SMILES string of the molecule is O=c1cc(CN(C[C@@H]2CCOC2)C2CC2)nc2ccccn12. The molecule has 2 aromatic rings. The van der Waals surface area contributed by atoms with Gasteiger partial charge in [0.15, 0.2) is 0 Å². The summed E-state index contributed by atoms with van der Waals surface area (Å²) in [6, 6.07) is 7.99. The van der Waals surface area contributed by atoms with Gasteiger partial charge in [0.05, 0.1) is 12.3 Å². The molecule has 2 aliphatic rings. The molecular formula is C17H21N3O2. The van der Waals surface area contributed by atoms with Crippen LogP contribution in [0.5, 0.6) is 0 Å². The van der Waals surface area contributed by atoms with Crippen LogP contribution in [-0.2, 0) is 11.3 Å². The van der Waals surface area contributed by atoms with Gasteiger partial charge in [-0.1, -0.05) is 6.07 Å². The van der Waals surface area contributed by atoms with Crippen LogP contribution in [0.15, 0.2) is 35.3 Å². The fraction of sp³-hybridized carbons (Fsp3) is 0.529. The Bertz CT molecular complexity index is 717. The lowest BCUT2D eigenvalue weighted by atomic mass is 10.1. The second-order valence-electron chi connectivity index (χ2n) is 6.40. The second kappa shape index (κ2) is 5.82. The summed E-state index contributed by atoms with van der Waals surface area (Å²) in [5.41, 5.74) is 1.60. The fourth-order valence-corrected chi connectivity index (χ4v) is 3.23. The first kappa shape index (κ1) is 13.9. The lowest BCUT2D eigenvalue weighted by Gasteiger charge is -2.24. The molecule has 0 aromatic carbocycles. The highest BCUT2D eigenvalue weighted by Gasteiger charge is 2.31. The lowest BCUT2D eigenvalue weighted by Crippen LogP contribution is -2.32. The first-order valence-corrected chi connectivity index (χ1v) is 8.09. The van der Waals surface area contributed by atoms with Crippen molar-refractivity contribution in [1.29, 1.82) is 0 Å². The average molecular weight is 299 g/mol. The Morgan fingerprint density at radius 1 is 1.32 bits per heavy atom. The van der Waals surface area contributed by atoms with E-state index in [9.17, 15) is 4.79 Å². The number of pyridine rings is 1. The van der Waals surface area contributed by atoms with Crippen molar-refractivity contribution >= 4 is 5.65 Å². The minimum Gasteiger partial charge on any atom is -0.381 e. The molecule has 0 N–H and O–H groups in total. The van der Waals surface area contributed by atoms with Crippen molar-refractivity contribution in [2.75, 3.05) is 19.8 Å². The summed E-state index contributed by atoms with van der Waals surface area (Å²) >= 11 is 0. The third-order valence-electron chi connectivity index (χ3n) is 4.57. The zero-order chi connectivity index (χ0) is 14.9. The van der Waals surface area contributed by atoms with Crippen molar-refractivity contribution in [3.63, 3.8) is 0 Å². The minimum absolute atomic E-state index is 0.000506. The molecule has 0 unspecified atom stereocenters. The second-order valence-corrected chi connectivity index (χ2v) is 6.40. The van der Waals surface area contributed by atoms with Crippen molar-refractivity contribution in [3.05, 3.63) is 46.5 Å². The number of nitrogens with zero attached hydrogens (tertiary/aromatic N) is 3. The molecule has 1 aliphatic carbocycles. The molecule has 5 heteroatoms. The molecule has 4 rings (SSSR count). The van der Waals surface area contributed by atoms with Crippen LogP contribution in [-0.4, -0.2) is 40.1 Å². The summed E-state index contributed by atoms with van der Waals surface area (Å²) < 4.78 is 7.08. The summed E-state index contributed by atoms with van der Waals surface area (Å²) in [7, 11) is 0. The molecular weight excluding hydrogens is 278 g/mol. The van der Waals surface area contributed by atoms with Crippen LogP contribution in [0.4, 0.5) is 0 Å². The molecule has 3 heterocycles. The van der Waals surface area contributed by atoms with E-state index in [2.05, 4.69) is 9.88 Å². The van der Waals surface area contributed by atoms with Crippen molar-refractivity contribution < 1.29 is 4.74 Å². The summed E-state index contributed by atoms with van der Waals surface area (Å²) in [4.78, 5) is 19.3. The predicted octanol–water partition coefficient (Wildman–Crippen LogP) is 1.70. The highest BCUT2D eigenvalue weighted by atomic mass is 16.5. The van der Waals surface area contributed by atoms with Crippen LogP contribution in [0.1, 0.15) is 25.0 Å². The summed E-state index contributed by atoms with van der Waals surface area (Å²) in [5, 5.41) is 0. The summed E-state index contributed by atoms with van der Waals surface area (Å²) in [6.45, 7) is 3.58. The van der Waals surface area contributed by atoms with E-state index in [4.69, 9.17) is 4.74 Å². The third kappa shape index (κ3) is 2.91. The molecule has 5 nitrogen and oxygen atoms in total. The van der Waals surface area contributed by atoms with Crippen molar-refractivity contribution in [2.45, 2.75) is 31.8 Å². The van der Waals surface area contributed by atoms with Gasteiger partial charge in [-0.15, -0.1) is 0 Å². The number of fused-ring (bicyclic) bond motifs is 1. The standard InChI is InChI=1S/C17H21N3O2/c21-17-9-14(18-16-3-1-2-7-20(16)17)11-19(15-4-5-15)10-13-6-8-22-12-13/h1-3,7,9,13,15H,4-6,8,10-12H2/t13-/m0/s1. The topological polar surface area (TPSA) is 46.8 Å². The molecule has 0 spiro atoms. The largest absolute Gasteiger partial charge is 0.381 e. The first-order chi connectivity index (χ1) is 10.8. The molecule has 0 amide bonds. The van der Waals surface area contributed by atoms with Crippen molar-refractivity contribution in [2.24, 2.45) is 5.92 Å². The molecule has 1 saturated heterocycles. The van der Waals surface area contributed by atoms with E-state index in [1.54, 1.807) is 16.7 Å². The fourth-order valence-electron chi connectivity index (χ4n) is 3.23. The summed E-state index contributed by atoms with van der Waals surface area (Å²) in [6.07, 6.45) is 5.44. The summed E-state index contributed by atoms with van der Waals surface area (Å²) in [5.74, 6) is 0.627. The third-order valence-corrected chi connectivity index (χ3v) is 4.57. The van der Waals surface area contributed by atoms with Gasteiger partial charge in [0.25, 0.3) is 5.56 Å². The van der Waals surface area contributed by atoms with Gasteiger partial charge in [0.1, 0.15) is 5.65 Å². The molecule has 22 heavy (non-hydrogen) atoms. The smallest absolute Gasteiger partial charge is 0.258 e. The molecule has 1 atom stereocenters. The van der Waals surface area contributed by atoms with Crippen LogP contribution < -0.4 is 5.56 Å². The van der Waals surface area contributed by atoms with Gasteiger partial charge in [-0.3, -0.25) is 14.1 Å². The molecule has 0 bridgehead atoms. The average Bonchev–Trinajstić information content (AvgIpc) is 3.25. The number of aromatic nitrogens is 2. The quantitative estimate of drug-likeness (QED) is 0.843. The Balaban J connectivity index is 1.56. The van der Waals surface area contributed by atoms with Crippen LogP contribution in [0.2, 0.25) is 0 Å². The molecule has 1 saturated carbocycles. The maximum atomic E-state index is 12.2. The van der Waals surface area contributed by atoms with E-state index >= 15 is 0 Å². The number of ether oxygens (including phenoxy) is 1. The number of hydrogen-bond acceptors (Lipinski definition) is 4. The van der Waals surface area contributed by atoms with Gasteiger partial charge in [-0.2, -0.15) is 0 Å².